The molecule has 2 aliphatic heterocycles. The standard InChI is InChI=1S/C18H27ClN4O/c1-20-18(22(2)11-14-6-3-4-8-17(14)19)21-10-16-12-23-9-5-7-15(23)13-24-16/h3-4,6,8,15-16H,5,7,9-13H2,1-2H3,(H,20,21). The Bertz CT molecular complexity index is 580. The van der Waals surface area contributed by atoms with Gasteiger partial charge in [-0.25, -0.2) is 0 Å². The summed E-state index contributed by atoms with van der Waals surface area (Å²) in [5.74, 6) is 0.863. The monoisotopic (exact) mass is 350 g/mol. The van der Waals surface area contributed by atoms with Gasteiger partial charge in [-0.3, -0.25) is 9.89 Å². The van der Waals surface area contributed by atoms with E-state index < -0.39 is 0 Å². The molecule has 0 amide bonds. The van der Waals surface area contributed by atoms with E-state index in [0.717, 1.165) is 42.8 Å². The number of guanidine groups is 1. The van der Waals surface area contributed by atoms with Gasteiger partial charge >= 0.3 is 0 Å². The van der Waals surface area contributed by atoms with Crippen molar-refractivity contribution in [1.29, 1.82) is 0 Å². The van der Waals surface area contributed by atoms with Crippen molar-refractivity contribution < 1.29 is 4.74 Å². The zero-order valence-corrected chi connectivity index (χ0v) is 15.3. The lowest BCUT2D eigenvalue weighted by atomic mass is 10.2. The van der Waals surface area contributed by atoms with Gasteiger partial charge in [0.2, 0.25) is 0 Å². The van der Waals surface area contributed by atoms with Crippen molar-refractivity contribution in [2.75, 3.05) is 40.3 Å². The minimum absolute atomic E-state index is 0.227. The summed E-state index contributed by atoms with van der Waals surface area (Å²) < 4.78 is 6.01. The molecular weight excluding hydrogens is 324 g/mol. The van der Waals surface area contributed by atoms with Crippen molar-refractivity contribution in [3.05, 3.63) is 34.9 Å². The lowest BCUT2D eigenvalue weighted by Crippen LogP contribution is -2.51. The minimum atomic E-state index is 0.227. The second-order valence-corrected chi connectivity index (χ2v) is 7.03. The van der Waals surface area contributed by atoms with E-state index in [9.17, 15) is 0 Å². The molecule has 1 N–H and O–H groups in total. The maximum Gasteiger partial charge on any atom is 0.193 e. The molecule has 0 spiro atoms. The van der Waals surface area contributed by atoms with Crippen molar-refractivity contribution in [2.24, 2.45) is 4.99 Å². The van der Waals surface area contributed by atoms with E-state index in [0.29, 0.717) is 6.04 Å². The molecule has 2 aliphatic rings. The molecule has 5 nitrogen and oxygen atoms in total. The molecule has 3 rings (SSSR count). The average molecular weight is 351 g/mol. The molecule has 2 saturated heterocycles. The Morgan fingerprint density at radius 1 is 1.46 bits per heavy atom. The van der Waals surface area contributed by atoms with Crippen molar-refractivity contribution in [1.82, 2.24) is 15.1 Å². The van der Waals surface area contributed by atoms with Gasteiger partial charge in [0.05, 0.1) is 12.7 Å². The first-order valence-corrected chi connectivity index (χ1v) is 9.06. The van der Waals surface area contributed by atoms with Crippen LogP contribution in [0.25, 0.3) is 0 Å². The fraction of sp³-hybridized carbons (Fsp3) is 0.611. The number of nitrogens with one attached hydrogen (secondary N) is 1. The maximum absolute atomic E-state index is 6.25. The topological polar surface area (TPSA) is 40.1 Å². The van der Waals surface area contributed by atoms with Crippen LogP contribution in [0.15, 0.2) is 29.3 Å². The van der Waals surface area contributed by atoms with Crippen LogP contribution in [0.4, 0.5) is 0 Å². The van der Waals surface area contributed by atoms with Gasteiger partial charge in [-0.15, -0.1) is 0 Å². The zero-order chi connectivity index (χ0) is 16.9. The molecule has 0 saturated carbocycles. The van der Waals surface area contributed by atoms with Gasteiger partial charge in [-0.1, -0.05) is 29.8 Å². The number of fused-ring (bicyclic) bond motifs is 1. The Morgan fingerprint density at radius 3 is 3.08 bits per heavy atom. The summed E-state index contributed by atoms with van der Waals surface area (Å²) in [5, 5.41) is 4.23. The molecule has 2 fully saturated rings. The highest BCUT2D eigenvalue weighted by molar-refractivity contribution is 6.31. The fourth-order valence-electron chi connectivity index (χ4n) is 3.56. The van der Waals surface area contributed by atoms with Gasteiger partial charge in [0, 0.05) is 44.8 Å². The number of ether oxygens (including phenoxy) is 1. The maximum atomic E-state index is 6.25. The van der Waals surface area contributed by atoms with E-state index in [1.165, 1.54) is 19.4 Å². The number of nitrogens with zero attached hydrogens (tertiary/aromatic N) is 3. The Kier molecular flexibility index (Phi) is 5.98. The number of aliphatic imine (C=N–C) groups is 1. The second kappa shape index (κ2) is 8.19. The zero-order valence-electron chi connectivity index (χ0n) is 14.5. The number of morpholine rings is 1. The summed E-state index contributed by atoms with van der Waals surface area (Å²) in [7, 11) is 3.83. The van der Waals surface area contributed by atoms with Gasteiger partial charge in [-0.05, 0) is 31.0 Å². The van der Waals surface area contributed by atoms with Crippen LogP contribution in [0.5, 0.6) is 0 Å². The third-order valence-corrected chi connectivity index (χ3v) is 5.26. The molecule has 0 aromatic heterocycles. The Balaban J connectivity index is 1.50. The number of hydrogen-bond donors (Lipinski definition) is 1. The van der Waals surface area contributed by atoms with Crippen LogP contribution < -0.4 is 5.32 Å². The first-order valence-electron chi connectivity index (χ1n) is 8.68. The molecule has 0 bridgehead atoms. The summed E-state index contributed by atoms with van der Waals surface area (Å²) in [5.41, 5.74) is 1.10. The van der Waals surface area contributed by atoms with E-state index in [1.807, 2.05) is 38.4 Å². The van der Waals surface area contributed by atoms with Crippen LogP contribution in [0, 0.1) is 0 Å². The SMILES string of the molecule is CN=C(NCC1CN2CCCC2CO1)N(C)Cc1ccccc1Cl. The van der Waals surface area contributed by atoms with E-state index in [1.54, 1.807) is 0 Å². The molecule has 1 aromatic carbocycles. The van der Waals surface area contributed by atoms with Gasteiger partial charge in [0.15, 0.2) is 5.96 Å². The first kappa shape index (κ1) is 17.5. The third-order valence-electron chi connectivity index (χ3n) is 4.89. The molecule has 2 heterocycles. The Morgan fingerprint density at radius 2 is 2.29 bits per heavy atom. The predicted molar refractivity (Wildman–Crippen MR) is 98.6 cm³/mol. The van der Waals surface area contributed by atoms with Crippen LogP contribution in [-0.4, -0.2) is 68.2 Å². The third kappa shape index (κ3) is 4.21. The van der Waals surface area contributed by atoms with Crippen LogP contribution >= 0.6 is 11.6 Å². The lowest BCUT2D eigenvalue weighted by Gasteiger charge is -2.35. The summed E-state index contributed by atoms with van der Waals surface area (Å²) in [6.07, 6.45) is 2.81. The Labute approximate surface area is 149 Å². The molecule has 2 atom stereocenters. The van der Waals surface area contributed by atoms with Gasteiger partial charge in [-0.2, -0.15) is 0 Å². The normalized spacial score (nSPS) is 24.7. The number of halogens is 1. The largest absolute Gasteiger partial charge is 0.373 e. The van der Waals surface area contributed by atoms with E-state index in [2.05, 4.69) is 20.1 Å². The minimum Gasteiger partial charge on any atom is -0.373 e. The first-order chi connectivity index (χ1) is 11.7. The molecule has 0 aliphatic carbocycles. The molecule has 132 valence electrons. The number of rotatable bonds is 4. The molecule has 24 heavy (non-hydrogen) atoms. The Hall–Kier alpha value is -1.30. The van der Waals surface area contributed by atoms with Crippen molar-refractivity contribution in [3.8, 4) is 0 Å². The van der Waals surface area contributed by atoms with E-state index in [4.69, 9.17) is 16.3 Å². The lowest BCUT2D eigenvalue weighted by molar-refractivity contribution is -0.0454. The highest BCUT2D eigenvalue weighted by Crippen LogP contribution is 2.22. The van der Waals surface area contributed by atoms with Crippen molar-refractivity contribution >= 4 is 17.6 Å². The summed E-state index contributed by atoms with van der Waals surface area (Å²) in [4.78, 5) is 9.03. The van der Waals surface area contributed by atoms with Crippen LogP contribution in [0.1, 0.15) is 18.4 Å². The molecule has 6 heteroatoms. The second-order valence-electron chi connectivity index (χ2n) is 6.62. The fourth-order valence-corrected chi connectivity index (χ4v) is 3.75. The molecular formula is C18H27ClN4O. The van der Waals surface area contributed by atoms with Crippen LogP contribution in [-0.2, 0) is 11.3 Å². The highest BCUT2D eigenvalue weighted by atomic mass is 35.5. The summed E-state index contributed by atoms with van der Waals surface area (Å²) in [6.45, 7) is 4.59. The quantitative estimate of drug-likeness (QED) is 0.667. The van der Waals surface area contributed by atoms with Crippen molar-refractivity contribution in [2.45, 2.75) is 31.5 Å². The smallest absolute Gasteiger partial charge is 0.193 e. The molecule has 0 radical (unpaired) electrons. The summed E-state index contributed by atoms with van der Waals surface area (Å²) >= 11 is 6.25. The average Bonchev–Trinajstić information content (AvgIpc) is 3.05. The van der Waals surface area contributed by atoms with E-state index >= 15 is 0 Å². The van der Waals surface area contributed by atoms with E-state index in [-0.39, 0.29) is 6.10 Å². The highest BCUT2D eigenvalue weighted by Gasteiger charge is 2.32. The van der Waals surface area contributed by atoms with Crippen LogP contribution in [0.2, 0.25) is 5.02 Å². The van der Waals surface area contributed by atoms with Gasteiger partial charge in [0.25, 0.3) is 0 Å². The van der Waals surface area contributed by atoms with Crippen molar-refractivity contribution in [3.63, 3.8) is 0 Å². The van der Waals surface area contributed by atoms with Gasteiger partial charge < -0.3 is 15.0 Å². The van der Waals surface area contributed by atoms with Gasteiger partial charge in [0.1, 0.15) is 0 Å². The summed E-state index contributed by atoms with van der Waals surface area (Å²) in [6, 6.07) is 8.56. The number of benzene rings is 1. The molecule has 2 unspecified atom stereocenters. The van der Waals surface area contributed by atoms with Crippen LogP contribution in [0.3, 0.4) is 0 Å². The number of hydrogen-bond acceptors (Lipinski definition) is 3. The predicted octanol–water partition coefficient (Wildman–Crippen LogP) is 2.21. The molecule has 1 aromatic rings.